The van der Waals surface area contributed by atoms with Crippen LogP contribution in [-0.4, -0.2) is 58.6 Å². The number of benzene rings is 1. The molecule has 2 heterocycles. The minimum absolute atomic E-state index is 0.0360. The molecule has 2 aromatic rings. The molecular weight excluding hydrogens is 328 g/mol. The monoisotopic (exact) mass is 348 g/mol. The first-order valence-corrected chi connectivity index (χ1v) is 9.69. The summed E-state index contributed by atoms with van der Waals surface area (Å²) in [6.07, 6.45) is 1.52. The van der Waals surface area contributed by atoms with Gasteiger partial charge >= 0.3 is 0 Å². The normalized spacial score (nSPS) is 17.2. The predicted molar refractivity (Wildman–Crippen MR) is 90.4 cm³/mol. The van der Waals surface area contributed by atoms with E-state index in [9.17, 15) is 13.2 Å². The van der Waals surface area contributed by atoms with Gasteiger partial charge in [0, 0.05) is 30.3 Å². The van der Waals surface area contributed by atoms with Crippen LogP contribution in [0.3, 0.4) is 0 Å². The van der Waals surface area contributed by atoms with Crippen molar-refractivity contribution in [2.45, 2.75) is 19.9 Å². The molecule has 0 radical (unpaired) electrons. The number of amides is 1. The molecule has 1 aromatic heterocycles. The van der Waals surface area contributed by atoms with Gasteiger partial charge in [-0.25, -0.2) is 18.1 Å². The second-order valence-corrected chi connectivity index (χ2v) is 8.45. The lowest BCUT2D eigenvalue weighted by Gasteiger charge is -2.26. The van der Waals surface area contributed by atoms with Crippen LogP contribution in [0.2, 0.25) is 0 Å². The summed E-state index contributed by atoms with van der Waals surface area (Å²) in [7, 11) is -2.99. The number of aromatic nitrogens is 3. The van der Waals surface area contributed by atoms with Gasteiger partial charge in [-0.2, -0.15) is 5.10 Å². The van der Waals surface area contributed by atoms with Crippen LogP contribution in [0, 0.1) is 0 Å². The maximum atomic E-state index is 12.5. The fourth-order valence-corrected chi connectivity index (χ4v) is 3.90. The molecule has 128 valence electrons. The van der Waals surface area contributed by atoms with Gasteiger partial charge < -0.3 is 4.90 Å². The standard InChI is InChI=1S/C16H20N4O3S/c1-12(2)20-15(17-11-18-20)13-3-5-14(6-4-13)16(21)19-7-9-24(22,23)10-8-19/h3-6,11-12H,7-10H2,1-2H3. The molecular formula is C16H20N4O3S. The van der Waals surface area contributed by atoms with Crippen molar-refractivity contribution in [3.05, 3.63) is 36.2 Å². The molecule has 7 nitrogen and oxygen atoms in total. The van der Waals surface area contributed by atoms with Crippen molar-refractivity contribution in [3.8, 4) is 11.4 Å². The fraction of sp³-hybridized carbons (Fsp3) is 0.438. The number of nitrogens with zero attached hydrogens (tertiary/aromatic N) is 4. The van der Waals surface area contributed by atoms with E-state index in [0.29, 0.717) is 5.56 Å². The quantitative estimate of drug-likeness (QED) is 0.837. The van der Waals surface area contributed by atoms with E-state index in [-0.39, 0.29) is 36.5 Å². The van der Waals surface area contributed by atoms with Crippen LogP contribution in [-0.2, 0) is 9.84 Å². The van der Waals surface area contributed by atoms with E-state index < -0.39 is 9.84 Å². The Hall–Kier alpha value is -2.22. The lowest BCUT2D eigenvalue weighted by molar-refractivity contribution is 0.0770. The molecule has 0 bridgehead atoms. The van der Waals surface area contributed by atoms with Crippen LogP contribution in [0.5, 0.6) is 0 Å². The average Bonchev–Trinajstić information content (AvgIpc) is 3.04. The Balaban J connectivity index is 1.77. The number of sulfone groups is 1. The third kappa shape index (κ3) is 3.33. The Morgan fingerprint density at radius 2 is 1.75 bits per heavy atom. The van der Waals surface area contributed by atoms with Gasteiger partial charge in [0.1, 0.15) is 6.33 Å². The zero-order valence-electron chi connectivity index (χ0n) is 13.7. The van der Waals surface area contributed by atoms with Crippen molar-refractivity contribution in [2.24, 2.45) is 0 Å². The molecule has 1 aliphatic rings. The third-order valence-corrected chi connectivity index (χ3v) is 5.69. The molecule has 0 atom stereocenters. The minimum atomic E-state index is -2.99. The Bertz CT molecular complexity index is 826. The number of carbonyl (C=O) groups excluding carboxylic acids is 1. The molecule has 24 heavy (non-hydrogen) atoms. The van der Waals surface area contributed by atoms with Gasteiger partial charge in [-0.3, -0.25) is 4.79 Å². The van der Waals surface area contributed by atoms with Crippen LogP contribution in [0.25, 0.3) is 11.4 Å². The Morgan fingerprint density at radius 1 is 1.12 bits per heavy atom. The van der Waals surface area contributed by atoms with Gasteiger partial charge in [0.05, 0.1) is 11.5 Å². The van der Waals surface area contributed by atoms with Gasteiger partial charge in [-0.05, 0) is 26.0 Å². The van der Waals surface area contributed by atoms with E-state index in [4.69, 9.17) is 0 Å². The minimum Gasteiger partial charge on any atom is -0.337 e. The summed E-state index contributed by atoms with van der Waals surface area (Å²) >= 11 is 0. The van der Waals surface area contributed by atoms with E-state index in [0.717, 1.165) is 11.4 Å². The molecule has 1 aromatic carbocycles. The lowest BCUT2D eigenvalue weighted by atomic mass is 10.1. The molecule has 1 saturated heterocycles. The van der Waals surface area contributed by atoms with E-state index in [1.54, 1.807) is 17.0 Å². The summed E-state index contributed by atoms with van der Waals surface area (Å²) in [6, 6.07) is 7.38. The molecule has 1 aliphatic heterocycles. The highest BCUT2D eigenvalue weighted by molar-refractivity contribution is 7.91. The SMILES string of the molecule is CC(C)n1ncnc1-c1ccc(C(=O)N2CCS(=O)(=O)CC2)cc1. The van der Waals surface area contributed by atoms with Crippen LogP contribution < -0.4 is 0 Å². The van der Waals surface area contributed by atoms with E-state index in [1.165, 1.54) is 6.33 Å². The van der Waals surface area contributed by atoms with Gasteiger partial charge in [-0.15, -0.1) is 0 Å². The van der Waals surface area contributed by atoms with Gasteiger partial charge in [0.25, 0.3) is 5.91 Å². The van der Waals surface area contributed by atoms with Crippen molar-refractivity contribution in [1.29, 1.82) is 0 Å². The highest BCUT2D eigenvalue weighted by Crippen LogP contribution is 2.21. The first kappa shape index (κ1) is 16.6. The van der Waals surface area contributed by atoms with Crippen LogP contribution in [0.1, 0.15) is 30.2 Å². The Labute approximate surface area is 141 Å². The van der Waals surface area contributed by atoms with E-state index >= 15 is 0 Å². The van der Waals surface area contributed by atoms with Gasteiger partial charge in [0.15, 0.2) is 15.7 Å². The summed E-state index contributed by atoms with van der Waals surface area (Å²) < 4.78 is 24.8. The largest absolute Gasteiger partial charge is 0.337 e. The topological polar surface area (TPSA) is 85.2 Å². The highest BCUT2D eigenvalue weighted by atomic mass is 32.2. The van der Waals surface area contributed by atoms with Crippen LogP contribution in [0.15, 0.2) is 30.6 Å². The predicted octanol–water partition coefficient (Wildman–Crippen LogP) is 1.40. The molecule has 0 unspecified atom stereocenters. The Kier molecular flexibility index (Phi) is 4.40. The maximum Gasteiger partial charge on any atom is 0.253 e. The lowest BCUT2D eigenvalue weighted by Crippen LogP contribution is -2.43. The number of rotatable bonds is 3. The molecule has 1 amide bonds. The summed E-state index contributed by atoms with van der Waals surface area (Å²) in [5.41, 5.74) is 1.44. The molecule has 0 saturated carbocycles. The van der Waals surface area contributed by atoms with E-state index in [2.05, 4.69) is 10.1 Å². The number of hydrogen-bond donors (Lipinski definition) is 0. The fourth-order valence-electron chi connectivity index (χ4n) is 2.69. The molecule has 0 aliphatic carbocycles. The summed E-state index contributed by atoms with van der Waals surface area (Å²) in [4.78, 5) is 18.3. The molecule has 3 rings (SSSR count). The molecule has 8 heteroatoms. The third-order valence-electron chi connectivity index (χ3n) is 4.08. The van der Waals surface area contributed by atoms with Gasteiger partial charge in [0.2, 0.25) is 0 Å². The smallest absolute Gasteiger partial charge is 0.253 e. The van der Waals surface area contributed by atoms with E-state index in [1.807, 2.05) is 30.7 Å². The maximum absolute atomic E-state index is 12.5. The van der Waals surface area contributed by atoms with Crippen molar-refractivity contribution in [1.82, 2.24) is 19.7 Å². The zero-order valence-corrected chi connectivity index (χ0v) is 14.5. The Morgan fingerprint density at radius 3 is 2.33 bits per heavy atom. The van der Waals surface area contributed by atoms with Crippen LogP contribution >= 0.6 is 0 Å². The summed E-state index contributed by atoms with van der Waals surface area (Å²) in [5, 5.41) is 4.21. The van der Waals surface area contributed by atoms with Crippen molar-refractivity contribution < 1.29 is 13.2 Å². The van der Waals surface area contributed by atoms with Crippen molar-refractivity contribution >= 4 is 15.7 Å². The molecule has 0 N–H and O–H groups in total. The first-order chi connectivity index (χ1) is 11.4. The highest BCUT2D eigenvalue weighted by Gasteiger charge is 2.25. The number of carbonyl (C=O) groups is 1. The average molecular weight is 348 g/mol. The van der Waals surface area contributed by atoms with Crippen molar-refractivity contribution in [3.63, 3.8) is 0 Å². The zero-order chi connectivity index (χ0) is 17.3. The molecule has 0 spiro atoms. The second kappa shape index (κ2) is 6.35. The van der Waals surface area contributed by atoms with Crippen LogP contribution in [0.4, 0.5) is 0 Å². The molecule has 1 fully saturated rings. The summed E-state index contributed by atoms with van der Waals surface area (Å²) in [5.74, 6) is 0.692. The van der Waals surface area contributed by atoms with Gasteiger partial charge in [-0.1, -0.05) is 12.1 Å². The summed E-state index contributed by atoms with van der Waals surface area (Å²) in [6.45, 7) is 4.57. The number of hydrogen-bond acceptors (Lipinski definition) is 5. The first-order valence-electron chi connectivity index (χ1n) is 7.87. The van der Waals surface area contributed by atoms with Crippen molar-refractivity contribution in [2.75, 3.05) is 24.6 Å². The second-order valence-electron chi connectivity index (χ2n) is 6.14.